The number of rotatable bonds is 22. The maximum absolute atomic E-state index is 13.5. The molecule has 0 saturated carbocycles. The lowest BCUT2D eigenvalue weighted by molar-refractivity contribution is -0.189. The van der Waals surface area contributed by atoms with Gasteiger partial charge in [0.1, 0.15) is 17.1 Å². The number of carbonyl (C=O) groups excluding carboxylic acids is 5. The molecule has 4 aliphatic rings. The van der Waals surface area contributed by atoms with Crippen molar-refractivity contribution < 1.29 is 67.0 Å². The van der Waals surface area contributed by atoms with Crippen LogP contribution in [-0.2, 0) is 47.5 Å². The lowest BCUT2D eigenvalue weighted by atomic mass is 9.79. The summed E-state index contributed by atoms with van der Waals surface area (Å²) in [6.45, 7) is 13.2. The molecule has 1 aliphatic carbocycles. The average molecular weight is 850 g/mol. The summed E-state index contributed by atoms with van der Waals surface area (Å²) in [6.07, 6.45) is 0.365. The van der Waals surface area contributed by atoms with Crippen molar-refractivity contribution in [2.75, 3.05) is 72.3 Å². The molecule has 1 aromatic rings. The number of aryl methyl sites for hydroxylation is 1. The number of unbranched alkanes of at least 4 members (excludes halogenated alkanes) is 1. The molecule has 3 amide bonds. The number of thioether (sulfide) groups is 1. The molecular weight excluding hydrogens is 791 g/mol. The zero-order chi connectivity index (χ0) is 43.0. The number of benzene rings is 1. The van der Waals surface area contributed by atoms with Crippen molar-refractivity contribution in [1.82, 2.24) is 16.0 Å². The van der Waals surface area contributed by atoms with E-state index in [-0.39, 0.29) is 77.7 Å². The van der Waals surface area contributed by atoms with Gasteiger partial charge in [0.15, 0.2) is 23.6 Å². The molecule has 2 fully saturated rings. The summed E-state index contributed by atoms with van der Waals surface area (Å²) in [5, 5.41) is 19.8. The number of esters is 2. The van der Waals surface area contributed by atoms with Gasteiger partial charge in [0, 0.05) is 42.2 Å². The number of ether oxygens (including phenoxy) is 8. The average Bonchev–Trinajstić information content (AvgIpc) is 3.48. The summed E-state index contributed by atoms with van der Waals surface area (Å²) in [7, 11) is 1.34. The topological polar surface area (TPSA) is 216 Å². The molecule has 2 saturated heterocycles. The highest BCUT2D eigenvalue weighted by Crippen LogP contribution is 2.48. The predicted molar refractivity (Wildman–Crippen MR) is 215 cm³/mol. The van der Waals surface area contributed by atoms with Crippen LogP contribution in [0, 0.1) is 13.8 Å². The van der Waals surface area contributed by atoms with E-state index in [1.807, 2.05) is 11.8 Å². The van der Waals surface area contributed by atoms with Gasteiger partial charge in [-0.1, -0.05) is 6.42 Å². The molecule has 6 atom stereocenters. The molecule has 3 heterocycles. The van der Waals surface area contributed by atoms with E-state index >= 15 is 0 Å². The van der Waals surface area contributed by atoms with Gasteiger partial charge in [-0.25, -0.2) is 9.59 Å². The highest BCUT2D eigenvalue weighted by Gasteiger charge is 2.61. The minimum Gasteiger partial charge on any atom is -0.508 e. The van der Waals surface area contributed by atoms with Crippen molar-refractivity contribution in [2.24, 2.45) is 0 Å². The van der Waals surface area contributed by atoms with Crippen LogP contribution in [0.25, 0.3) is 0 Å². The minimum absolute atomic E-state index is 0.00398. The Morgan fingerprint density at radius 1 is 0.915 bits per heavy atom. The molecular formula is C41H59N3O14S. The normalized spacial score (nSPS) is 27.2. The third-order valence-electron chi connectivity index (χ3n) is 11.7. The van der Waals surface area contributed by atoms with Gasteiger partial charge in [-0.3, -0.25) is 14.4 Å². The second-order valence-corrected chi connectivity index (χ2v) is 16.9. The van der Waals surface area contributed by atoms with Gasteiger partial charge in [0.2, 0.25) is 11.7 Å². The Labute approximate surface area is 349 Å². The lowest BCUT2D eigenvalue weighted by Gasteiger charge is -2.43. The van der Waals surface area contributed by atoms with Crippen LogP contribution in [0.3, 0.4) is 0 Å². The Hall–Kier alpha value is -3.94. The molecule has 328 valence electrons. The van der Waals surface area contributed by atoms with Crippen LogP contribution >= 0.6 is 11.8 Å². The van der Waals surface area contributed by atoms with Crippen LogP contribution in [-0.4, -0.2) is 141 Å². The fourth-order valence-corrected chi connectivity index (χ4v) is 9.58. The van der Waals surface area contributed by atoms with Crippen LogP contribution in [0.1, 0.15) is 81.3 Å². The third kappa shape index (κ3) is 10.3. The van der Waals surface area contributed by atoms with Crippen molar-refractivity contribution >= 4 is 41.4 Å². The molecule has 17 nitrogen and oxygen atoms in total. The molecule has 59 heavy (non-hydrogen) atoms. The first-order chi connectivity index (χ1) is 28.1. The summed E-state index contributed by atoms with van der Waals surface area (Å²) in [5.41, 5.74) is -1.22. The molecule has 0 bridgehead atoms. The number of fused-ring (bicyclic) bond motifs is 3. The SMILES string of the molecule is CO[C@@]1(C)[C@H](OC(=O)CCOCCOCCOCCOCCNC(=O)CCCC[C@@H]2SC[C@]3(C)NC(=O)N[C@]23C)C(=O)C(C)=C2OC(=O)c3c(C)cc(O)c(C)c3O[C@@H]21. The molecule has 5 rings (SSSR count). The minimum atomic E-state index is -1.59. The number of phenols is 1. The highest BCUT2D eigenvalue weighted by atomic mass is 32.2. The first-order valence-electron chi connectivity index (χ1n) is 20.1. The van der Waals surface area contributed by atoms with Crippen LogP contribution in [0.4, 0.5) is 4.79 Å². The molecule has 18 heteroatoms. The Kier molecular flexibility index (Phi) is 15.7. The maximum atomic E-state index is 13.5. The first-order valence-corrected chi connectivity index (χ1v) is 21.1. The van der Waals surface area contributed by atoms with E-state index in [1.165, 1.54) is 27.0 Å². The molecule has 0 aromatic heterocycles. The number of nitrogens with one attached hydrogen (secondary N) is 3. The largest absolute Gasteiger partial charge is 0.508 e. The Morgan fingerprint density at radius 3 is 2.22 bits per heavy atom. The van der Waals surface area contributed by atoms with E-state index in [0.29, 0.717) is 62.4 Å². The van der Waals surface area contributed by atoms with E-state index in [4.69, 9.17) is 37.9 Å². The number of phenolic OH excluding ortho intramolecular Hbond substituents is 1. The van der Waals surface area contributed by atoms with Crippen LogP contribution in [0.15, 0.2) is 17.4 Å². The van der Waals surface area contributed by atoms with Crippen LogP contribution in [0.2, 0.25) is 0 Å². The van der Waals surface area contributed by atoms with Crippen molar-refractivity contribution in [2.45, 2.75) is 108 Å². The number of Topliss-reactive ketones (excluding diaryl/α,β-unsaturated/α-hetero) is 1. The second-order valence-electron chi connectivity index (χ2n) is 15.7. The quantitative estimate of drug-likeness (QED) is 0.0749. The fourth-order valence-electron chi connectivity index (χ4n) is 7.68. The third-order valence-corrected chi connectivity index (χ3v) is 13.5. The van der Waals surface area contributed by atoms with Crippen molar-refractivity contribution in [3.8, 4) is 11.5 Å². The van der Waals surface area contributed by atoms with Crippen molar-refractivity contribution in [1.29, 1.82) is 0 Å². The van der Waals surface area contributed by atoms with Crippen LogP contribution < -0.4 is 20.7 Å². The summed E-state index contributed by atoms with van der Waals surface area (Å²) in [6, 6.07) is 1.33. The monoisotopic (exact) mass is 849 g/mol. The smallest absolute Gasteiger partial charge is 0.347 e. The number of ketones is 1. The summed E-state index contributed by atoms with van der Waals surface area (Å²) in [4.78, 5) is 63.7. The number of urea groups is 1. The van der Waals surface area contributed by atoms with Crippen molar-refractivity contribution in [3.63, 3.8) is 0 Å². The summed E-state index contributed by atoms with van der Waals surface area (Å²) < 4.78 is 45.4. The zero-order valence-corrected chi connectivity index (χ0v) is 35.9. The van der Waals surface area contributed by atoms with E-state index in [2.05, 4.69) is 29.8 Å². The standard InChI is InChI=1S/C41H59N3O14S/c1-24-22-27(45)25(2)33-31(24)37(49)58-34-26(3)32(48)35(40(5,51-7)36(34)57-33)56-30(47)12-14-52-16-18-54-20-21-55-19-17-53-15-13-42-29(46)11-9-8-10-28-41(6)39(4,23-59-28)43-38(50)44-41/h22,28,35-36,45H,8-21,23H2,1-7H3,(H,42,46)(H2,43,44,50)/t28-,35+,36-,39-,40-,41+/m0/s1. The summed E-state index contributed by atoms with van der Waals surface area (Å²) in [5.74, 6) is -1.21. The lowest BCUT2D eigenvalue weighted by Crippen LogP contribution is -2.62. The van der Waals surface area contributed by atoms with Gasteiger partial charge in [-0.05, 0) is 66.0 Å². The van der Waals surface area contributed by atoms with Gasteiger partial charge < -0.3 is 59.0 Å². The number of amides is 3. The Bertz CT molecular complexity index is 1770. The first kappa shape index (κ1) is 46.1. The van der Waals surface area contributed by atoms with Crippen LogP contribution in [0.5, 0.6) is 11.5 Å². The zero-order valence-electron chi connectivity index (χ0n) is 35.1. The Morgan fingerprint density at radius 2 is 1.56 bits per heavy atom. The molecule has 0 radical (unpaired) electrons. The predicted octanol–water partition coefficient (Wildman–Crippen LogP) is 3.18. The Balaban J connectivity index is 0.878. The van der Waals surface area contributed by atoms with E-state index < -0.39 is 35.5 Å². The number of hydrogen-bond acceptors (Lipinski definition) is 15. The van der Waals surface area contributed by atoms with Gasteiger partial charge in [0.25, 0.3) is 0 Å². The molecule has 3 aliphatic heterocycles. The summed E-state index contributed by atoms with van der Waals surface area (Å²) >= 11 is 1.88. The van der Waals surface area contributed by atoms with Gasteiger partial charge in [-0.2, -0.15) is 11.8 Å². The van der Waals surface area contributed by atoms with E-state index in [9.17, 15) is 29.1 Å². The highest BCUT2D eigenvalue weighted by molar-refractivity contribution is 8.00. The molecule has 0 spiro atoms. The van der Waals surface area contributed by atoms with Gasteiger partial charge in [0.05, 0.1) is 70.4 Å². The second kappa shape index (κ2) is 20.1. The van der Waals surface area contributed by atoms with Crippen molar-refractivity contribution in [3.05, 3.63) is 34.1 Å². The molecule has 1 aromatic carbocycles. The number of aromatic hydroxyl groups is 1. The van der Waals surface area contributed by atoms with Gasteiger partial charge in [-0.15, -0.1) is 0 Å². The van der Waals surface area contributed by atoms with E-state index in [0.717, 1.165) is 25.0 Å². The molecule has 0 unspecified atom stereocenters. The maximum Gasteiger partial charge on any atom is 0.347 e. The number of methoxy groups -OCH3 is 1. The fraction of sp³-hybridized carbons (Fsp3) is 0.683. The van der Waals surface area contributed by atoms with E-state index in [1.54, 1.807) is 13.8 Å². The number of hydrogen-bond donors (Lipinski definition) is 4. The number of carbonyl (C=O) groups is 5. The molecule has 4 N–H and O–H groups in total. The van der Waals surface area contributed by atoms with Gasteiger partial charge >= 0.3 is 18.0 Å².